The summed E-state index contributed by atoms with van der Waals surface area (Å²) in [6.07, 6.45) is 0. The maximum atomic E-state index is 6.03. The molecule has 0 spiro atoms. The molecule has 0 aliphatic carbocycles. The van der Waals surface area contributed by atoms with Crippen LogP contribution in [-0.2, 0) is 10.3 Å². The first kappa shape index (κ1) is 10.8. The molecule has 1 aromatic rings. The lowest BCUT2D eigenvalue weighted by molar-refractivity contribution is 0.0194. The molecule has 0 atom stereocenters. The van der Waals surface area contributed by atoms with Crippen LogP contribution >= 0.6 is 23.2 Å². The Morgan fingerprint density at radius 3 is 2.00 bits per heavy atom. The zero-order valence-electron chi connectivity index (χ0n) is 7.90. The van der Waals surface area contributed by atoms with E-state index in [4.69, 9.17) is 27.9 Å². The summed E-state index contributed by atoms with van der Waals surface area (Å²) >= 11 is 12.1. The molecule has 0 N–H and O–H groups in total. The molecule has 1 aromatic carbocycles. The van der Waals surface area contributed by atoms with Gasteiger partial charge in [-0.3, -0.25) is 0 Å². The van der Waals surface area contributed by atoms with E-state index >= 15 is 0 Å². The predicted molar refractivity (Wildman–Crippen MR) is 56.5 cm³/mol. The van der Waals surface area contributed by atoms with Gasteiger partial charge in [-0.15, -0.1) is 0 Å². The van der Waals surface area contributed by atoms with Crippen molar-refractivity contribution in [2.24, 2.45) is 0 Å². The Kier molecular flexibility index (Phi) is 3.23. The van der Waals surface area contributed by atoms with Gasteiger partial charge in [-0.1, -0.05) is 29.3 Å². The van der Waals surface area contributed by atoms with Gasteiger partial charge in [-0.05, 0) is 26.0 Å². The third-order valence-electron chi connectivity index (χ3n) is 2.08. The molecule has 0 aliphatic rings. The summed E-state index contributed by atoms with van der Waals surface area (Å²) in [5.41, 5.74) is 0.385. The van der Waals surface area contributed by atoms with Crippen molar-refractivity contribution >= 4 is 23.2 Å². The normalized spacial score (nSPS) is 11.8. The molecule has 0 aliphatic heterocycles. The van der Waals surface area contributed by atoms with Crippen LogP contribution in [-0.4, -0.2) is 7.11 Å². The van der Waals surface area contributed by atoms with Crippen LogP contribution in [0.4, 0.5) is 0 Å². The molecule has 1 nitrogen and oxygen atoms in total. The van der Waals surface area contributed by atoms with Crippen LogP contribution in [0, 0.1) is 0 Å². The van der Waals surface area contributed by atoms with E-state index in [1.54, 1.807) is 7.11 Å². The third kappa shape index (κ3) is 2.16. The molecule has 0 saturated carbocycles. The molecule has 0 unspecified atom stereocenters. The molecule has 3 heteroatoms. The highest BCUT2D eigenvalue weighted by Gasteiger charge is 2.24. The van der Waals surface area contributed by atoms with Gasteiger partial charge in [-0.2, -0.15) is 0 Å². The van der Waals surface area contributed by atoms with Crippen molar-refractivity contribution < 1.29 is 4.74 Å². The van der Waals surface area contributed by atoms with Gasteiger partial charge in [-0.25, -0.2) is 0 Å². The topological polar surface area (TPSA) is 9.23 Å². The van der Waals surface area contributed by atoms with Gasteiger partial charge in [0.25, 0.3) is 0 Å². The van der Waals surface area contributed by atoms with Crippen molar-refractivity contribution in [1.82, 2.24) is 0 Å². The van der Waals surface area contributed by atoms with E-state index < -0.39 is 5.60 Å². The number of hydrogen-bond acceptors (Lipinski definition) is 1. The Morgan fingerprint density at radius 2 is 1.62 bits per heavy atom. The summed E-state index contributed by atoms with van der Waals surface area (Å²) < 4.78 is 5.32. The van der Waals surface area contributed by atoms with Crippen LogP contribution in [0.15, 0.2) is 18.2 Å². The van der Waals surface area contributed by atoms with E-state index in [0.29, 0.717) is 10.0 Å². The maximum absolute atomic E-state index is 6.03. The molecule has 0 bridgehead atoms. The lowest BCUT2D eigenvalue weighted by Gasteiger charge is -2.25. The SMILES string of the molecule is COC(C)(C)c1c(Cl)cccc1Cl. The Labute approximate surface area is 88.6 Å². The summed E-state index contributed by atoms with van der Waals surface area (Å²) in [5, 5.41) is 1.28. The molecule has 0 fully saturated rings. The van der Waals surface area contributed by atoms with Crippen LogP contribution in [0.5, 0.6) is 0 Å². The summed E-state index contributed by atoms with van der Waals surface area (Å²) in [6.45, 7) is 3.86. The van der Waals surface area contributed by atoms with Crippen molar-refractivity contribution in [3.63, 3.8) is 0 Å². The molecule has 0 saturated heterocycles. The highest BCUT2D eigenvalue weighted by Crippen LogP contribution is 2.35. The summed E-state index contributed by atoms with van der Waals surface area (Å²) in [5.74, 6) is 0. The molecule has 13 heavy (non-hydrogen) atoms. The molecule has 0 amide bonds. The Bertz CT molecular complexity index is 288. The lowest BCUT2D eigenvalue weighted by Crippen LogP contribution is -2.20. The number of methoxy groups -OCH3 is 1. The second-order valence-corrected chi connectivity index (χ2v) is 4.13. The van der Waals surface area contributed by atoms with Crippen LogP contribution in [0.25, 0.3) is 0 Å². The average molecular weight is 219 g/mol. The largest absolute Gasteiger partial charge is 0.374 e. The van der Waals surface area contributed by atoms with E-state index in [1.165, 1.54) is 0 Å². The highest BCUT2D eigenvalue weighted by molar-refractivity contribution is 6.36. The van der Waals surface area contributed by atoms with Crippen LogP contribution in [0.2, 0.25) is 10.0 Å². The molecule has 0 aromatic heterocycles. The van der Waals surface area contributed by atoms with Gasteiger partial charge in [0.1, 0.15) is 0 Å². The van der Waals surface area contributed by atoms with Crippen LogP contribution in [0.3, 0.4) is 0 Å². The third-order valence-corrected chi connectivity index (χ3v) is 2.71. The fraction of sp³-hybridized carbons (Fsp3) is 0.400. The molecule has 0 radical (unpaired) electrons. The lowest BCUT2D eigenvalue weighted by atomic mass is 9.98. The van der Waals surface area contributed by atoms with E-state index in [-0.39, 0.29) is 0 Å². The van der Waals surface area contributed by atoms with E-state index in [1.807, 2.05) is 32.0 Å². The summed E-state index contributed by atoms with van der Waals surface area (Å²) in [6, 6.07) is 5.44. The number of benzene rings is 1. The fourth-order valence-electron chi connectivity index (χ4n) is 1.18. The summed E-state index contributed by atoms with van der Waals surface area (Å²) in [4.78, 5) is 0. The van der Waals surface area contributed by atoms with E-state index in [0.717, 1.165) is 5.56 Å². The monoisotopic (exact) mass is 218 g/mol. The molecule has 1 rings (SSSR count). The second-order valence-electron chi connectivity index (χ2n) is 3.31. The maximum Gasteiger partial charge on any atom is 0.0900 e. The molecular weight excluding hydrogens is 207 g/mol. The van der Waals surface area contributed by atoms with Crippen LogP contribution in [0.1, 0.15) is 19.4 Å². The first-order valence-electron chi connectivity index (χ1n) is 3.98. The van der Waals surface area contributed by atoms with Crippen molar-refractivity contribution in [2.45, 2.75) is 19.4 Å². The minimum Gasteiger partial charge on any atom is -0.374 e. The Balaban J connectivity index is 3.28. The minimum absolute atomic E-state index is 0.449. The van der Waals surface area contributed by atoms with E-state index in [2.05, 4.69) is 0 Å². The average Bonchev–Trinajstić information content (AvgIpc) is 2.03. The van der Waals surface area contributed by atoms with Crippen molar-refractivity contribution in [3.8, 4) is 0 Å². The van der Waals surface area contributed by atoms with E-state index in [9.17, 15) is 0 Å². The van der Waals surface area contributed by atoms with Gasteiger partial charge >= 0.3 is 0 Å². The van der Waals surface area contributed by atoms with Crippen molar-refractivity contribution in [2.75, 3.05) is 7.11 Å². The zero-order valence-corrected chi connectivity index (χ0v) is 9.41. The fourth-order valence-corrected chi connectivity index (χ4v) is 2.03. The van der Waals surface area contributed by atoms with Gasteiger partial charge in [0.2, 0.25) is 0 Å². The Morgan fingerprint density at radius 1 is 1.15 bits per heavy atom. The van der Waals surface area contributed by atoms with Crippen LogP contribution < -0.4 is 0 Å². The molecular formula is C10H12Cl2O. The summed E-state index contributed by atoms with van der Waals surface area (Å²) in [7, 11) is 1.64. The quantitative estimate of drug-likeness (QED) is 0.733. The van der Waals surface area contributed by atoms with Gasteiger partial charge in [0.05, 0.1) is 5.60 Å². The molecule has 72 valence electrons. The second kappa shape index (κ2) is 3.87. The number of hydrogen-bond donors (Lipinski definition) is 0. The van der Waals surface area contributed by atoms with Gasteiger partial charge < -0.3 is 4.74 Å². The minimum atomic E-state index is -0.449. The smallest absolute Gasteiger partial charge is 0.0900 e. The number of ether oxygens (including phenoxy) is 1. The number of rotatable bonds is 2. The standard InChI is InChI=1S/C10H12Cl2O/c1-10(2,13-3)9-7(11)5-4-6-8(9)12/h4-6H,1-3H3. The first-order chi connectivity index (χ1) is 5.99. The highest BCUT2D eigenvalue weighted by atomic mass is 35.5. The predicted octanol–water partition coefficient (Wildman–Crippen LogP) is 3.87. The van der Waals surface area contributed by atoms with Crippen molar-refractivity contribution in [3.05, 3.63) is 33.8 Å². The van der Waals surface area contributed by atoms with Gasteiger partial charge in [0, 0.05) is 22.7 Å². The number of halogens is 2. The van der Waals surface area contributed by atoms with Gasteiger partial charge in [0.15, 0.2) is 0 Å². The first-order valence-corrected chi connectivity index (χ1v) is 4.74. The van der Waals surface area contributed by atoms with Crippen molar-refractivity contribution in [1.29, 1.82) is 0 Å². The Hall–Kier alpha value is -0.240. The zero-order chi connectivity index (χ0) is 10.1. The molecule has 0 heterocycles.